The van der Waals surface area contributed by atoms with E-state index in [4.69, 9.17) is 9.47 Å². The van der Waals surface area contributed by atoms with Crippen LogP contribution in [-0.4, -0.2) is 31.6 Å². The molecular weight excluding hydrogens is 228 g/mol. The molecule has 0 saturated carbocycles. The number of hydrogen-bond donors (Lipinski definition) is 0. The number of epoxide rings is 2. The molecule has 2 rings (SSSR count). The molecule has 17 heavy (non-hydrogen) atoms. The van der Waals surface area contributed by atoms with Crippen molar-refractivity contribution in [2.45, 2.75) is 89.1 Å². The predicted octanol–water partition coefficient (Wildman–Crippen LogP) is 3.76. The summed E-state index contributed by atoms with van der Waals surface area (Å²) in [5.74, 6) is 0. The van der Waals surface area contributed by atoms with Gasteiger partial charge in [0, 0.05) is 0 Å². The van der Waals surface area contributed by atoms with Crippen LogP contribution in [0.5, 0.6) is 0 Å². The monoisotopic (exact) mass is 256 g/mol. The highest BCUT2D eigenvalue weighted by atomic mass is 28.3. The Kier molecular flexibility index (Phi) is 3.73. The fourth-order valence-electron chi connectivity index (χ4n) is 3.07. The standard InChI is InChI=1S/C14H28O2Si/c1-6-8-9-11-14(16-11,10-7-2)12-13(15-12)17(3,4)5/h11-13H,6-10H2,1-5H3/t11-,12?,13?,14-/m1/s1. The minimum atomic E-state index is -1.15. The predicted molar refractivity (Wildman–Crippen MR) is 74.0 cm³/mol. The van der Waals surface area contributed by atoms with E-state index >= 15 is 0 Å². The minimum absolute atomic E-state index is 0.120. The fourth-order valence-corrected chi connectivity index (χ4v) is 4.81. The van der Waals surface area contributed by atoms with Crippen LogP contribution in [0.25, 0.3) is 0 Å². The van der Waals surface area contributed by atoms with E-state index in [-0.39, 0.29) is 5.60 Å². The van der Waals surface area contributed by atoms with Crippen molar-refractivity contribution in [2.75, 3.05) is 0 Å². The number of unbranched alkanes of at least 4 members (excludes halogenated alkanes) is 1. The lowest BCUT2D eigenvalue weighted by molar-refractivity contribution is 0.220. The summed E-state index contributed by atoms with van der Waals surface area (Å²) in [4.78, 5) is 0. The summed E-state index contributed by atoms with van der Waals surface area (Å²) in [6, 6.07) is 0. The Balaban J connectivity index is 1.93. The van der Waals surface area contributed by atoms with Crippen molar-refractivity contribution in [1.82, 2.24) is 0 Å². The van der Waals surface area contributed by atoms with Crippen molar-refractivity contribution in [3.63, 3.8) is 0 Å². The van der Waals surface area contributed by atoms with Crippen molar-refractivity contribution in [1.29, 1.82) is 0 Å². The molecule has 0 N–H and O–H groups in total. The third-order valence-electron chi connectivity index (χ3n) is 4.14. The summed E-state index contributed by atoms with van der Waals surface area (Å²) >= 11 is 0. The average Bonchev–Trinajstić information content (AvgIpc) is 3.08. The van der Waals surface area contributed by atoms with E-state index in [1.807, 2.05) is 0 Å². The van der Waals surface area contributed by atoms with Crippen LogP contribution in [0.1, 0.15) is 46.0 Å². The molecule has 100 valence electrons. The second-order valence-corrected chi connectivity index (χ2v) is 12.1. The second-order valence-electron chi connectivity index (χ2n) is 6.80. The van der Waals surface area contributed by atoms with E-state index in [1.165, 1.54) is 32.1 Å². The van der Waals surface area contributed by atoms with Crippen LogP contribution in [0, 0.1) is 0 Å². The molecule has 0 bridgehead atoms. The summed E-state index contributed by atoms with van der Waals surface area (Å²) in [7, 11) is -1.15. The highest BCUT2D eigenvalue weighted by molar-refractivity contribution is 6.78. The third kappa shape index (κ3) is 2.61. The molecule has 0 aliphatic carbocycles. The van der Waals surface area contributed by atoms with Gasteiger partial charge in [0.1, 0.15) is 11.7 Å². The van der Waals surface area contributed by atoms with Crippen LogP contribution in [0.15, 0.2) is 0 Å². The summed E-state index contributed by atoms with van der Waals surface area (Å²) < 4.78 is 12.1. The SMILES string of the molecule is CCCC[C@H]1O[C@@]1(CCC)C1OC1[Si](C)(C)C. The van der Waals surface area contributed by atoms with E-state index < -0.39 is 8.07 Å². The lowest BCUT2D eigenvalue weighted by Gasteiger charge is -2.14. The van der Waals surface area contributed by atoms with Gasteiger partial charge in [0.15, 0.2) is 0 Å². The average molecular weight is 256 g/mol. The summed E-state index contributed by atoms with van der Waals surface area (Å²) in [6.07, 6.45) is 7.11. The molecule has 2 aliphatic rings. The maximum atomic E-state index is 6.09. The summed E-state index contributed by atoms with van der Waals surface area (Å²) in [5.41, 5.74) is 0.662. The molecule has 4 atom stereocenters. The van der Waals surface area contributed by atoms with Gasteiger partial charge in [-0.05, 0) is 12.8 Å². The van der Waals surface area contributed by atoms with E-state index in [9.17, 15) is 0 Å². The van der Waals surface area contributed by atoms with Crippen molar-refractivity contribution in [3.8, 4) is 0 Å². The van der Waals surface area contributed by atoms with E-state index in [1.54, 1.807) is 0 Å². The fraction of sp³-hybridized carbons (Fsp3) is 1.00. The normalized spacial score (nSPS) is 40.4. The Morgan fingerprint density at radius 2 is 1.82 bits per heavy atom. The van der Waals surface area contributed by atoms with Crippen molar-refractivity contribution < 1.29 is 9.47 Å². The van der Waals surface area contributed by atoms with Gasteiger partial charge < -0.3 is 9.47 Å². The van der Waals surface area contributed by atoms with Crippen LogP contribution in [-0.2, 0) is 9.47 Å². The maximum absolute atomic E-state index is 6.09. The lowest BCUT2D eigenvalue weighted by atomic mass is 9.93. The maximum Gasteiger partial charge on any atom is 0.123 e. The van der Waals surface area contributed by atoms with E-state index in [0.29, 0.717) is 17.9 Å². The molecule has 2 unspecified atom stereocenters. The molecule has 0 amide bonds. The minimum Gasteiger partial charge on any atom is -0.370 e. The molecule has 3 heteroatoms. The molecule has 0 spiro atoms. The molecule has 2 fully saturated rings. The Morgan fingerprint density at radius 3 is 2.29 bits per heavy atom. The van der Waals surface area contributed by atoms with Gasteiger partial charge in [0.05, 0.1) is 19.9 Å². The molecule has 0 aromatic heterocycles. The van der Waals surface area contributed by atoms with Crippen LogP contribution >= 0.6 is 0 Å². The van der Waals surface area contributed by atoms with Gasteiger partial charge in [-0.2, -0.15) is 0 Å². The quantitative estimate of drug-likeness (QED) is 0.512. The number of hydrogen-bond acceptors (Lipinski definition) is 2. The largest absolute Gasteiger partial charge is 0.370 e. The number of rotatable bonds is 7. The molecule has 0 radical (unpaired) electrons. The first-order chi connectivity index (χ1) is 7.95. The van der Waals surface area contributed by atoms with Gasteiger partial charge >= 0.3 is 0 Å². The second kappa shape index (κ2) is 4.67. The Bertz CT molecular complexity index is 274. The molecule has 2 saturated heterocycles. The molecule has 2 heterocycles. The first-order valence-electron chi connectivity index (χ1n) is 7.29. The van der Waals surface area contributed by atoms with Crippen molar-refractivity contribution in [2.24, 2.45) is 0 Å². The Morgan fingerprint density at radius 1 is 1.12 bits per heavy atom. The van der Waals surface area contributed by atoms with Crippen LogP contribution in [0.4, 0.5) is 0 Å². The summed E-state index contributed by atoms with van der Waals surface area (Å²) in [5, 5.41) is 0. The van der Waals surface area contributed by atoms with Crippen molar-refractivity contribution >= 4 is 8.07 Å². The van der Waals surface area contributed by atoms with Gasteiger partial charge in [-0.15, -0.1) is 0 Å². The van der Waals surface area contributed by atoms with Crippen LogP contribution in [0.2, 0.25) is 19.6 Å². The van der Waals surface area contributed by atoms with Gasteiger partial charge in [-0.1, -0.05) is 52.8 Å². The first kappa shape index (κ1) is 13.6. The molecule has 2 nitrogen and oxygen atoms in total. The highest BCUT2D eigenvalue weighted by Crippen LogP contribution is 2.55. The highest BCUT2D eigenvalue weighted by Gasteiger charge is 2.70. The smallest absolute Gasteiger partial charge is 0.123 e. The molecule has 0 aromatic rings. The van der Waals surface area contributed by atoms with Gasteiger partial charge in [-0.3, -0.25) is 0 Å². The molecular formula is C14H28O2Si. The summed E-state index contributed by atoms with van der Waals surface area (Å²) in [6.45, 7) is 11.7. The van der Waals surface area contributed by atoms with Gasteiger partial charge in [-0.25, -0.2) is 0 Å². The van der Waals surface area contributed by atoms with Gasteiger partial charge in [0.25, 0.3) is 0 Å². The zero-order valence-electron chi connectivity index (χ0n) is 12.1. The van der Waals surface area contributed by atoms with Crippen LogP contribution in [0.3, 0.4) is 0 Å². The third-order valence-corrected chi connectivity index (χ3v) is 6.28. The zero-order chi connectivity index (χ0) is 12.7. The molecule has 2 aliphatic heterocycles. The number of ether oxygens (including phenoxy) is 2. The van der Waals surface area contributed by atoms with Gasteiger partial charge in [0.2, 0.25) is 0 Å². The topological polar surface area (TPSA) is 25.1 Å². The van der Waals surface area contributed by atoms with E-state index in [0.717, 1.165) is 0 Å². The molecule has 0 aromatic carbocycles. The Hall–Kier alpha value is 0.137. The van der Waals surface area contributed by atoms with Crippen molar-refractivity contribution in [3.05, 3.63) is 0 Å². The van der Waals surface area contributed by atoms with Crippen LogP contribution < -0.4 is 0 Å². The first-order valence-corrected chi connectivity index (χ1v) is 10.9. The Labute approximate surface area is 107 Å². The van der Waals surface area contributed by atoms with E-state index in [2.05, 4.69) is 33.5 Å². The zero-order valence-corrected chi connectivity index (χ0v) is 13.1. The lowest BCUT2D eigenvalue weighted by Crippen LogP contribution is -2.35.